The third-order valence-corrected chi connectivity index (χ3v) is 3.27. The van der Waals surface area contributed by atoms with Crippen molar-refractivity contribution in [1.82, 2.24) is 10.3 Å². The van der Waals surface area contributed by atoms with E-state index in [9.17, 15) is 4.79 Å². The van der Waals surface area contributed by atoms with Crippen molar-refractivity contribution in [2.45, 2.75) is 25.4 Å². The molecule has 3 rings (SSSR count). The fourth-order valence-corrected chi connectivity index (χ4v) is 2.27. The van der Waals surface area contributed by atoms with E-state index in [1.165, 1.54) is 0 Å². The van der Waals surface area contributed by atoms with E-state index in [0.717, 1.165) is 29.8 Å². The van der Waals surface area contributed by atoms with Gasteiger partial charge in [0, 0.05) is 11.3 Å². The molecule has 0 bridgehead atoms. The number of rotatable bonds is 1. The fraction of sp³-hybridized carbons (Fsp3) is 0.308. The molecule has 1 aromatic rings. The first kappa shape index (κ1) is 11.0. The molecule has 0 saturated carbocycles. The Morgan fingerprint density at radius 2 is 2.22 bits per heavy atom. The zero-order valence-corrected chi connectivity index (χ0v) is 9.97. The molecule has 1 fully saturated rings. The lowest BCUT2D eigenvalue weighted by molar-refractivity contribution is -0.127. The van der Waals surface area contributed by atoms with Gasteiger partial charge in [0.05, 0.1) is 12.2 Å². The number of hydrogen-bond donors (Lipinski definition) is 1. The van der Waals surface area contributed by atoms with E-state index < -0.39 is 0 Å². The molecule has 2 heterocycles. The van der Waals surface area contributed by atoms with Gasteiger partial charge in [0.2, 0.25) is 5.91 Å². The van der Waals surface area contributed by atoms with Crippen molar-refractivity contribution >= 4 is 11.6 Å². The van der Waals surface area contributed by atoms with E-state index in [0.29, 0.717) is 6.54 Å². The predicted molar refractivity (Wildman–Crippen MR) is 66.8 cm³/mol. The Bertz CT molecular complexity index is 538. The summed E-state index contributed by atoms with van der Waals surface area (Å²) in [6.45, 7) is 4.40. The van der Waals surface area contributed by atoms with Gasteiger partial charge in [-0.3, -0.25) is 9.80 Å². The van der Waals surface area contributed by atoms with Crippen molar-refractivity contribution in [2.24, 2.45) is 10.3 Å². The minimum atomic E-state index is -0.243. The molecule has 1 amide bonds. The number of allylic oxidation sites excluding steroid dienone is 1. The summed E-state index contributed by atoms with van der Waals surface area (Å²) in [5.41, 5.74) is 2.77. The minimum Gasteiger partial charge on any atom is -0.329 e. The maximum Gasteiger partial charge on any atom is 0.248 e. The van der Waals surface area contributed by atoms with Crippen LogP contribution in [0.3, 0.4) is 0 Å². The summed E-state index contributed by atoms with van der Waals surface area (Å²) in [5.74, 6) is -0.0374. The highest BCUT2D eigenvalue weighted by molar-refractivity contribution is 5.84. The smallest absolute Gasteiger partial charge is 0.248 e. The number of nitrogens with zero attached hydrogens (tertiary/aromatic N) is 3. The molecule has 1 atom stereocenters. The molecule has 0 spiro atoms. The van der Waals surface area contributed by atoms with Gasteiger partial charge in [-0.05, 0) is 18.9 Å². The Hall–Kier alpha value is -2.17. The summed E-state index contributed by atoms with van der Waals surface area (Å²) >= 11 is 0. The van der Waals surface area contributed by atoms with Crippen molar-refractivity contribution < 1.29 is 4.79 Å². The van der Waals surface area contributed by atoms with Crippen molar-refractivity contribution in [3.63, 3.8) is 0 Å². The van der Waals surface area contributed by atoms with Crippen LogP contribution in [-0.2, 0) is 11.3 Å². The number of piperidine rings is 1. The maximum absolute atomic E-state index is 11.9. The third-order valence-electron chi connectivity index (χ3n) is 3.27. The Morgan fingerprint density at radius 1 is 1.39 bits per heavy atom. The molecule has 2 aliphatic rings. The molecule has 18 heavy (non-hydrogen) atoms. The van der Waals surface area contributed by atoms with Crippen LogP contribution in [-0.4, -0.2) is 17.0 Å². The third kappa shape index (κ3) is 1.88. The van der Waals surface area contributed by atoms with E-state index in [2.05, 4.69) is 22.2 Å². The summed E-state index contributed by atoms with van der Waals surface area (Å²) in [6, 6.07) is 7.61. The van der Waals surface area contributed by atoms with Crippen LogP contribution in [0.25, 0.3) is 0 Å². The van der Waals surface area contributed by atoms with Gasteiger partial charge in [-0.15, -0.1) is 5.11 Å². The molecule has 5 heteroatoms. The Kier molecular flexibility index (Phi) is 2.59. The topological polar surface area (TPSA) is 57.1 Å². The van der Waals surface area contributed by atoms with Crippen molar-refractivity contribution in [3.05, 3.63) is 42.1 Å². The SMILES string of the molecule is C=C1CCC(N2Cc3ccccc3N=N2)C(=O)N1. The second-order valence-corrected chi connectivity index (χ2v) is 4.56. The lowest BCUT2D eigenvalue weighted by atomic mass is 10.0. The van der Waals surface area contributed by atoms with Crippen LogP contribution in [0, 0.1) is 0 Å². The van der Waals surface area contributed by atoms with E-state index >= 15 is 0 Å². The van der Waals surface area contributed by atoms with Crippen LogP contribution in [0.4, 0.5) is 5.69 Å². The zero-order valence-electron chi connectivity index (χ0n) is 9.97. The normalized spacial score (nSPS) is 22.7. The quantitative estimate of drug-likeness (QED) is 0.821. The number of carbonyl (C=O) groups is 1. The fourth-order valence-electron chi connectivity index (χ4n) is 2.27. The summed E-state index contributed by atoms with van der Waals surface area (Å²) in [6.07, 6.45) is 1.54. The first-order valence-corrected chi connectivity index (χ1v) is 5.99. The Morgan fingerprint density at radius 3 is 3.06 bits per heavy atom. The van der Waals surface area contributed by atoms with Crippen LogP contribution in [0.5, 0.6) is 0 Å². The monoisotopic (exact) mass is 242 g/mol. The molecule has 0 radical (unpaired) electrons. The van der Waals surface area contributed by atoms with Gasteiger partial charge in [0.1, 0.15) is 6.04 Å². The molecule has 1 aromatic carbocycles. The molecule has 1 N–H and O–H groups in total. The van der Waals surface area contributed by atoms with Gasteiger partial charge in [-0.2, -0.15) is 0 Å². The van der Waals surface area contributed by atoms with Gasteiger partial charge in [0.25, 0.3) is 0 Å². The number of hydrogen-bond acceptors (Lipinski definition) is 4. The summed E-state index contributed by atoms with van der Waals surface area (Å²) in [5, 5.41) is 12.8. The molecule has 1 saturated heterocycles. The summed E-state index contributed by atoms with van der Waals surface area (Å²) in [7, 11) is 0. The predicted octanol–water partition coefficient (Wildman–Crippen LogP) is 2.29. The van der Waals surface area contributed by atoms with Gasteiger partial charge in [-0.25, -0.2) is 0 Å². The summed E-state index contributed by atoms with van der Waals surface area (Å²) in [4.78, 5) is 11.9. The zero-order chi connectivity index (χ0) is 12.5. The average Bonchev–Trinajstić information content (AvgIpc) is 2.38. The second-order valence-electron chi connectivity index (χ2n) is 4.56. The molecule has 0 aliphatic carbocycles. The van der Waals surface area contributed by atoms with Crippen LogP contribution >= 0.6 is 0 Å². The average molecular weight is 242 g/mol. The van der Waals surface area contributed by atoms with Crippen LogP contribution < -0.4 is 5.32 Å². The largest absolute Gasteiger partial charge is 0.329 e. The Balaban J connectivity index is 1.80. The van der Waals surface area contributed by atoms with Crippen molar-refractivity contribution in [3.8, 4) is 0 Å². The van der Waals surface area contributed by atoms with E-state index in [1.807, 2.05) is 24.3 Å². The van der Waals surface area contributed by atoms with Gasteiger partial charge in [0.15, 0.2) is 0 Å². The molecule has 5 nitrogen and oxygen atoms in total. The lowest BCUT2D eigenvalue weighted by Crippen LogP contribution is -2.47. The van der Waals surface area contributed by atoms with Crippen molar-refractivity contribution in [1.29, 1.82) is 0 Å². The number of nitrogens with one attached hydrogen (secondary N) is 1. The lowest BCUT2D eigenvalue weighted by Gasteiger charge is -2.32. The highest BCUT2D eigenvalue weighted by Gasteiger charge is 2.31. The highest BCUT2D eigenvalue weighted by atomic mass is 16.2. The van der Waals surface area contributed by atoms with Gasteiger partial charge < -0.3 is 5.32 Å². The van der Waals surface area contributed by atoms with Crippen LogP contribution in [0.15, 0.2) is 46.9 Å². The number of carbonyl (C=O) groups excluding carboxylic acids is 1. The number of benzene rings is 1. The first-order chi connectivity index (χ1) is 8.74. The second kappa shape index (κ2) is 4.25. The van der Waals surface area contributed by atoms with Crippen molar-refractivity contribution in [2.75, 3.05) is 0 Å². The van der Waals surface area contributed by atoms with E-state index in [4.69, 9.17) is 0 Å². The number of fused-ring (bicyclic) bond motifs is 1. The van der Waals surface area contributed by atoms with Crippen LogP contribution in [0.1, 0.15) is 18.4 Å². The molecular formula is C13H14N4O. The van der Waals surface area contributed by atoms with Crippen LogP contribution in [0.2, 0.25) is 0 Å². The van der Waals surface area contributed by atoms with E-state index in [-0.39, 0.29) is 11.9 Å². The summed E-state index contributed by atoms with van der Waals surface area (Å²) < 4.78 is 0. The highest BCUT2D eigenvalue weighted by Crippen LogP contribution is 2.28. The molecule has 1 unspecified atom stereocenters. The molecular weight excluding hydrogens is 228 g/mol. The first-order valence-electron chi connectivity index (χ1n) is 5.99. The molecule has 2 aliphatic heterocycles. The van der Waals surface area contributed by atoms with Gasteiger partial charge in [-0.1, -0.05) is 30.0 Å². The number of amides is 1. The standard InChI is InChI=1S/C13H14N4O/c1-9-6-7-12(13(18)14-9)17-8-10-4-2-3-5-11(10)15-16-17/h2-5,12H,1,6-8H2,(H,14,18). The minimum absolute atomic E-state index is 0.0374. The van der Waals surface area contributed by atoms with Gasteiger partial charge >= 0.3 is 0 Å². The Labute approximate surface area is 105 Å². The van der Waals surface area contributed by atoms with E-state index in [1.54, 1.807) is 5.01 Å². The maximum atomic E-state index is 11.9. The molecule has 0 aromatic heterocycles. The molecule has 92 valence electrons.